The molecule has 2 N–H and O–H groups in total. The first-order valence-corrected chi connectivity index (χ1v) is 5.67. The number of hydrogen-bond acceptors (Lipinski definition) is 2. The molecule has 2 nitrogen and oxygen atoms in total. The van der Waals surface area contributed by atoms with Crippen LogP contribution >= 0.6 is 0 Å². The monoisotopic (exact) mass is 215 g/mol. The van der Waals surface area contributed by atoms with Gasteiger partial charge in [0.05, 0.1) is 12.3 Å². The van der Waals surface area contributed by atoms with Crippen LogP contribution in [0.4, 0.5) is 0 Å². The first-order chi connectivity index (χ1) is 7.83. The van der Waals surface area contributed by atoms with Gasteiger partial charge in [0, 0.05) is 5.92 Å². The maximum absolute atomic E-state index is 6.23. The highest BCUT2D eigenvalue weighted by atomic mass is 16.3. The molecule has 0 saturated carbocycles. The van der Waals surface area contributed by atoms with Gasteiger partial charge in [-0.1, -0.05) is 37.3 Å². The van der Waals surface area contributed by atoms with Gasteiger partial charge in [0.1, 0.15) is 5.76 Å². The molecule has 84 valence electrons. The van der Waals surface area contributed by atoms with Crippen LogP contribution < -0.4 is 5.73 Å². The Morgan fingerprint density at radius 1 is 1.12 bits per heavy atom. The van der Waals surface area contributed by atoms with Crippen molar-refractivity contribution < 1.29 is 4.42 Å². The minimum atomic E-state index is -0.0672. The number of hydrogen-bond donors (Lipinski definition) is 1. The summed E-state index contributed by atoms with van der Waals surface area (Å²) in [4.78, 5) is 0. The zero-order valence-electron chi connectivity index (χ0n) is 9.47. The fourth-order valence-electron chi connectivity index (χ4n) is 2.08. The number of nitrogens with two attached hydrogens (primary N) is 1. The third kappa shape index (κ3) is 2.17. The molecule has 0 spiro atoms. The number of furan rings is 1. The lowest BCUT2D eigenvalue weighted by Crippen LogP contribution is -2.18. The van der Waals surface area contributed by atoms with E-state index in [1.54, 1.807) is 6.26 Å². The maximum atomic E-state index is 6.23. The van der Waals surface area contributed by atoms with Crippen molar-refractivity contribution in [1.82, 2.24) is 0 Å². The van der Waals surface area contributed by atoms with Gasteiger partial charge in [-0.05, 0) is 24.1 Å². The van der Waals surface area contributed by atoms with Crippen molar-refractivity contribution in [2.24, 2.45) is 5.73 Å². The largest absolute Gasteiger partial charge is 0.468 e. The molecule has 1 aromatic heterocycles. The molecule has 1 heterocycles. The van der Waals surface area contributed by atoms with Crippen LogP contribution in [0.15, 0.2) is 53.1 Å². The minimum Gasteiger partial charge on any atom is -0.468 e. The second kappa shape index (κ2) is 4.99. The Hall–Kier alpha value is -1.54. The molecule has 16 heavy (non-hydrogen) atoms. The molecule has 1 aromatic carbocycles. The third-order valence-corrected chi connectivity index (χ3v) is 2.97. The van der Waals surface area contributed by atoms with Gasteiger partial charge < -0.3 is 10.2 Å². The molecular weight excluding hydrogens is 198 g/mol. The minimum absolute atomic E-state index is 0.0672. The summed E-state index contributed by atoms with van der Waals surface area (Å²) in [5.41, 5.74) is 7.50. The lowest BCUT2D eigenvalue weighted by Gasteiger charge is -2.21. The summed E-state index contributed by atoms with van der Waals surface area (Å²) in [6.07, 6.45) is 2.68. The maximum Gasteiger partial charge on any atom is 0.121 e. The van der Waals surface area contributed by atoms with Crippen LogP contribution in [0, 0.1) is 0 Å². The Balaban J connectivity index is 2.23. The molecule has 0 aliphatic carbocycles. The SMILES string of the molecule is CCC(c1ccccc1)C(N)c1ccco1. The third-order valence-electron chi connectivity index (χ3n) is 2.97. The van der Waals surface area contributed by atoms with E-state index in [1.165, 1.54) is 5.56 Å². The first kappa shape index (κ1) is 11.0. The molecule has 0 saturated heterocycles. The van der Waals surface area contributed by atoms with Crippen LogP contribution in [0.3, 0.4) is 0 Å². The van der Waals surface area contributed by atoms with Crippen LogP contribution in [-0.2, 0) is 0 Å². The zero-order valence-corrected chi connectivity index (χ0v) is 9.47. The zero-order chi connectivity index (χ0) is 11.4. The van der Waals surface area contributed by atoms with E-state index >= 15 is 0 Å². The van der Waals surface area contributed by atoms with Gasteiger partial charge in [-0.25, -0.2) is 0 Å². The van der Waals surface area contributed by atoms with Gasteiger partial charge in [-0.3, -0.25) is 0 Å². The molecule has 2 heteroatoms. The summed E-state index contributed by atoms with van der Waals surface area (Å²) in [5.74, 6) is 1.17. The molecule has 2 unspecified atom stereocenters. The predicted molar refractivity (Wildman–Crippen MR) is 65.1 cm³/mol. The average molecular weight is 215 g/mol. The Morgan fingerprint density at radius 3 is 2.44 bits per heavy atom. The molecule has 0 fully saturated rings. The number of rotatable bonds is 4. The lowest BCUT2D eigenvalue weighted by atomic mass is 9.88. The summed E-state index contributed by atoms with van der Waals surface area (Å²) < 4.78 is 5.37. The summed E-state index contributed by atoms with van der Waals surface area (Å²) >= 11 is 0. The van der Waals surface area contributed by atoms with E-state index in [-0.39, 0.29) is 6.04 Å². The first-order valence-electron chi connectivity index (χ1n) is 5.67. The molecule has 2 atom stereocenters. The van der Waals surface area contributed by atoms with E-state index in [4.69, 9.17) is 10.2 Å². The predicted octanol–water partition coefficient (Wildman–Crippen LogP) is 3.47. The average Bonchev–Trinajstić information content (AvgIpc) is 2.85. The van der Waals surface area contributed by atoms with Gasteiger partial charge in [0.2, 0.25) is 0 Å². The molecule has 0 bridgehead atoms. The second-order valence-corrected chi connectivity index (χ2v) is 3.97. The smallest absolute Gasteiger partial charge is 0.121 e. The highest BCUT2D eigenvalue weighted by Crippen LogP contribution is 2.31. The van der Waals surface area contributed by atoms with E-state index < -0.39 is 0 Å². The van der Waals surface area contributed by atoms with Crippen LogP contribution in [0.1, 0.15) is 36.6 Å². The topological polar surface area (TPSA) is 39.2 Å². The van der Waals surface area contributed by atoms with E-state index in [2.05, 4.69) is 19.1 Å². The molecule has 0 radical (unpaired) electrons. The van der Waals surface area contributed by atoms with Crippen molar-refractivity contribution in [1.29, 1.82) is 0 Å². The molecule has 2 aromatic rings. The Morgan fingerprint density at radius 2 is 1.88 bits per heavy atom. The van der Waals surface area contributed by atoms with Crippen LogP contribution in [0.5, 0.6) is 0 Å². The fraction of sp³-hybridized carbons (Fsp3) is 0.286. The molecular formula is C14H17NO. The summed E-state index contributed by atoms with van der Waals surface area (Å²) in [5, 5.41) is 0. The van der Waals surface area contributed by atoms with Gasteiger partial charge >= 0.3 is 0 Å². The van der Waals surface area contributed by atoms with Crippen molar-refractivity contribution in [2.45, 2.75) is 25.3 Å². The Bertz CT molecular complexity index is 408. The van der Waals surface area contributed by atoms with Crippen molar-refractivity contribution in [2.75, 3.05) is 0 Å². The standard InChI is InChI=1S/C14H17NO/c1-2-12(11-7-4-3-5-8-11)14(15)13-9-6-10-16-13/h3-10,12,14H,2,15H2,1H3. The highest BCUT2D eigenvalue weighted by Gasteiger charge is 2.21. The summed E-state index contributed by atoms with van der Waals surface area (Å²) in [6, 6.07) is 14.1. The van der Waals surface area contributed by atoms with Gasteiger partial charge in [-0.15, -0.1) is 0 Å². The fourth-order valence-corrected chi connectivity index (χ4v) is 2.08. The van der Waals surface area contributed by atoms with Crippen molar-refractivity contribution in [3.8, 4) is 0 Å². The summed E-state index contributed by atoms with van der Waals surface area (Å²) in [7, 11) is 0. The molecule has 0 aliphatic rings. The van der Waals surface area contributed by atoms with Gasteiger partial charge in [0.15, 0.2) is 0 Å². The lowest BCUT2D eigenvalue weighted by molar-refractivity contribution is 0.418. The van der Waals surface area contributed by atoms with Gasteiger partial charge in [0.25, 0.3) is 0 Å². The van der Waals surface area contributed by atoms with E-state index in [0.717, 1.165) is 12.2 Å². The van der Waals surface area contributed by atoms with Gasteiger partial charge in [-0.2, -0.15) is 0 Å². The summed E-state index contributed by atoms with van der Waals surface area (Å²) in [6.45, 7) is 2.15. The Labute approximate surface area is 96.1 Å². The van der Waals surface area contributed by atoms with Crippen molar-refractivity contribution >= 4 is 0 Å². The van der Waals surface area contributed by atoms with Crippen molar-refractivity contribution in [3.05, 3.63) is 60.1 Å². The highest BCUT2D eigenvalue weighted by molar-refractivity contribution is 5.23. The Kier molecular flexibility index (Phi) is 3.42. The number of benzene rings is 1. The van der Waals surface area contributed by atoms with Crippen molar-refractivity contribution in [3.63, 3.8) is 0 Å². The molecule has 2 rings (SSSR count). The van der Waals surface area contributed by atoms with Crippen LogP contribution in [0.2, 0.25) is 0 Å². The molecule has 0 aliphatic heterocycles. The second-order valence-electron chi connectivity index (χ2n) is 3.97. The van der Waals surface area contributed by atoms with Crippen LogP contribution in [0.25, 0.3) is 0 Å². The van der Waals surface area contributed by atoms with Crippen LogP contribution in [-0.4, -0.2) is 0 Å². The van der Waals surface area contributed by atoms with E-state index in [1.807, 2.05) is 30.3 Å². The van der Waals surface area contributed by atoms with E-state index in [0.29, 0.717) is 5.92 Å². The quantitative estimate of drug-likeness (QED) is 0.848. The molecule has 0 amide bonds. The normalized spacial score (nSPS) is 14.6. The van der Waals surface area contributed by atoms with E-state index in [9.17, 15) is 0 Å².